The maximum atomic E-state index is 12.6. The van der Waals surface area contributed by atoms with Crippen LogP contribution in [0.4, 0.5) is 5.69 Å². The molecule has 1 fully saturated rings. The molecular weight excluding hydrogens is 350 g/mol. The molecular formula is C20H24ClN3O2. The lowest BCUT2D eigenvalue weighted by atomic mass is 10.1. The van der Waals surface area contributed by atoms with Crippen LogP contribution in [0.3, 0.4) is 0 Å². The minimum atomic E-state index is -0.219. The summed E-state index contributed by atoms with van der Waals surface area (Å²) in [7, 11) is 0. The van der Waals surface area contributed by atoms with Crippen molar-refractivity contribution in [3.05, 3.63) is 65.2 Å². The molecule has 5 nitrogen and oxygen atoms in total. The SMILES string of the molecule is Cc1cccc(C(=O)Nc2ccccc2C(=O)N[C@H]2CCCNC2)c1.Cl. The van der Waals surface area contributed by atoms with Crippen LogP contribution in [0.2, 0.25) is 0 Å². The molecule has 0 aromatic heterocycles. The summed E-state index contributed by atoms with van der Waals surface area (Å²) in [5, 5.41) is 9.18. The lowest BCUT2D eigenvalue weighted by Crippen LogP contribution is -2.45. The number of aryl methyl sites for hydroxylation is 1. The van der Waals surface area contributed by atoms with Crippen LogP contribution < -0.4 is 16.0 Å². The molecule has 1 aliphatic rings. The van der Waals surface area contributed by atoms with Crippen molar-refractivity contribution in [2.75, 3.05) is 18.4 Å². The van der Waals surface area contributed by atoms with Gasteiger partial charge in [0.2, 0.25) is 0 Å². The third-order valence-electron chi connectivity index (χ3n) is 4.33. The quantitative estimate of drug-likeness (QED) is 0.771. The molecule has 1 saturated heterocycles. The summed E-state index contributed by atoms with van der Waals surface area (Å²) in [6.45, 7) is 3.72. The largest absolute Gasteiger partial charge is 0.348 e. The summed E-state index contributed by atoms with van der Waals surface area (Å²) in [5.41, 5.74) is 2.60. The highest BCUT2D eigenvalue weighted by Crippen LogP contribution is 2.17. The van der Waals surface area contributed by atoms with Crippen molar-refractivity contribution in [2.45, 2.75) is 25.8 Å². The first kappa shape index (κ1) is 19.9. The van der Waals surface area contributed by atoms with Gasteiger partial charge in [-0.25, -0.2) is 0 Å². The summed E-state index contributed by atoms with van der Waals surface area (Å²) < 4.78 is 0. The number of halogens is 1. The van der Waals surface area contributed by atoms with Gasteiger partial charge in [-0.15, -0.1) is 12.4 Å². The van der Waals surface area contributed by atoms with Crippen LogP contribution in [-0.2, 0) is 0 Å². The van der Waals surface area contributed by atoms with Crippen molar-refractivity contribution in [1.82, 2.24) is 10.6 Å². The minimum Gasteiger partial charge on any atom is -0.348 e. The summed E-state index contributed by atoms with van der Waals surface area (Å²) in [6.07, 6.45) is 2.02. The van der Waals surface area contributed by atoms with Crippen molar-refractivity contribution in [1.29, 1.82) is 0 Å². The van der Waals surface area contributed by atoms with Crippen LogP contribution in [0.15, 0.2) is 48.5 Å². The van der Waals surface area contributed by atoms with E-state index in [0.717, 1.165) is 31.5 Å². The molecule has 0 spiro atoms. The molecule has 0 radical (unpaired) electrons. The maximum Gasteiger partial charge on any atom is 0.255 e. The van der Waals surface area contributed by atoms with Gasteiger partial charge in [-0.2, -0.15) is 0 Å². The maximum absolute atomic E-state index is 12.6. The van der Waals surface area contributed by atoms with E-state index < -0.39 is 0 Å². The number of carbonyl (C=O) groups is 2. The molecule has 2 aromatic carbocycles. The fraction of sp³-hybridized carbons (Fsp3) is 0.300. The Morgan fingerprint density at radius 1 is 1.08 bits per heavy atom. The van der Waals surface area contributed by atoms with Gasteiger partial charge in [-0.05, 0) is 50.6 Å². The number of benzene rings is 2. The Balaban J connectivity index is 0.00000243. The zero-order valence-corrected chi connectivity index (χ0v) is 15.6. The van der Waals surface area contributed by atoms with E-state index in [4.69, 9.17) is 0 Å². The van der Waals surface area contributed by atoms with E-state index in [1.807, 2.05) is 31.2 Å². The summed E-state index contributed by atoms with van der Waals surface area (Å²) in [6, 6.07) is 14.6. The first-order valence-corrected chi connectivity index (χ1v) is 8.62. The van der Waals surface area contributed by atoms with Crippen LogP contribution >= 0.6 is 12.4 Å². The Morgan fingerprint density at radius 3 is 2.62 bits per heavy atom. The lowest BCUT2D eigenvalue weighted by molar-refractivity contribution is 0.0931. The van der Waals surface area contributed by atoms with E-state index in [9.17, 15) is 9.59 Å². The fourth-order valence-electron chi connectivity index (χ4n) is 3.01. The van der Waals surface area contributed by atoms with E-state index in [0.29, 0.717) is 16.8 Å². The summed E-state index contributed by atoms with van der Waals surface area (Å²) >= 11 is 0. The number of carbonyl (C=O) groups excluding carboxylic acids is 2. The van der Waals surface area contributed by atoms with Crippen molar-refractivity contribution < 1.29 is 9.59 Å². The molecule has 2 aromatic rings. The zero-order valence-electron chi connectivity index (χ0n) is 14.7. The van der Waals surface area contributed by atoms with Gasteiger partial charge in [-0.3, -0.25) is 9.59 Å². The molecule has 1 atom stereocenters. The molecule has 6 heteroatoms. The van der Waals surface area contributed by atoms with Gasteiger partial charge < -0.3 is 16.0 Å². The highest BCUT2D eigenvalue weighted by molar-refractivity contribution is 6.09. The average Bonchev–Trinajstić information content (AvgIpc) is 2.63. The van der Waals surface area contributed by atoms with E-state index in [1.54, 1.807) is 24.3 Å². The molecule has 0 bridgehead atoms. The normalized spacial score (nSPS) is 16.3. The van der Waals surface area contributed by atoms with Gasteiger partial charge in [0, 0.05) is 18.2 Å². The smallest absolute Gasteiger partial charge is 0.255 e. The van der Waals surface area contributed by atoms with E-state index in [1.165, 1.54) is 0 Å². The van der Waals surface area contributed by atoms with Gasteiger partial charge in [0.25, 0.3) is 11.8 Å². The highest BCUT2D eigenvalue weighted by Gasteiger charge is 2.19. The Hall–Kier alpha value is -2.37. The molecule has 0 aliphatic carbocycles. The molecule has 26 heavy (non-hydrogen) atoms. The van der Waals surface area contributed by atoms with E-state index >= 15 is 0 Å². The Bertz CT molecular complexity index is 773. The lowest BCUT2D eigenvalue weighted by Gasteiger charge is -2.24. The summed E-state index contributed by atoms with van der Waals surface area (Å²) in [5.74, 6) is -0.378. The van der Waals surface area contributed by atoms with Crippen LogP contribution in [-0.4, -0.2) is 30.9 Å². The van der Waals surface area contributed by atoms with Crippen molar-refractivity contribution in [3.63, 3.8) is 0 Å². The van der Waals surface area contributed by atoms with Crippen molar-refractivity contribution in [2.24, 2.45) is 0 Å². The Labute approximate surface area is 160 Å². The van der Waals surface area contributed by atoms with E-state index in [2.05, 4.69) is 16.0 Å². The Morgan fingerprint density at radius 2 is 1.88 bits per heavy atom. The molecule has 1 aliphatic heterocycles. The molecule has 2 amide bonds. The molecule has 0 unspecified atom stereocenters. The standard InChI is InChI=1S/C20H23N3O2.ClH/c1-14-6-4-7-15(12-14)19(24)23-18-10-3-2-9-17(18)20(25)22-16-8-5-11-21-13-16;/h2-4,6-7,9-10,12,16,21H,5,8,11,13H2,1H3,(H,22,25)(H,23,24);1H/t16-;/m0./s1. The van der Waals surface area contributed by atoms with Gasteiger partial charge in [0.1, 0.15) is 0 Å². The zero-order chi connectivity index (χ0) is 17.6. The number of anilines is 1. The van der Waals surface area contributed by atoms with Crippen LogP contribution in [0.1, 0.15) is 39.1 Å². The average molecular weight is 374 g/mol. The van der Waals surface area contributed by atoms with Crippen molar-refractivity contribution >= 4 is 29.9 Å². The number of rotatable bonds is 4. The first-order chi connectivity index (χ1) is 12.1. The van der Waals surface area contributed by atoms with Gasteiger partial charge in [0.05, 0.1) is 11.3 Å². The molecule has 1 heterocycles. The van der Waals surface area contributed by atoms with Crippen LogP contribution in [0.5, 0.6) is 0 Å². The Kier molecular flexibility index (Phi) is 7.18. The predicted octanol–water partition coefficient (Wildman–Crippen LogP) is 3.15. The fourth-order valence-corrected chi connectivity index (χ4v) is 3.01. The van der Waals surface area contributed by atoms with Crippen molar-refractivity contribution in [3.8, 4) is 0 Å². The highest BCUT2D eigenvalue weighted by atomic mass is 35.5. The second-order valence-electron chi connectivity index (χ2n) is 6.39. The number of nitrogens with one attached hydrogen (secondary N) is 3. The topological polar surface area (TPSA) is 70.2 Å². The van der Waals surface area contributed by atoms with Gasteiger partial charge >= 0.3 is 0 Å². The second kappa shape index (κ2) is 9.36. The third-order valence-corrected chi connectivity index (χ3v) is 4.33. The monoisotopic (exact) mass is 373 g/mol. The number of hydrogen-bond acceptors (Lipinski definition) is 3. The number of hydrogen-bond donors (Lipinski definition) is 3. The van der Waals surface area contributed by atoms with Crippen LogP contribution in [0.25, 0.3) is 0 Å². The molecule has 3 N–H and O–H groups in total. The number of amides is 2. The van der Waals surface area contributed by atoms with Crippen LogP contribution in [0, 0.1) is 6.92 Å². The third kappa shape index (κ3) is 5.07. The molecule has 3 rings (SSSR count). The second-order valence-corrected chi connectivity index (χ2v) is 6.39. The van der Waals surface area contributed by atoms with Gasteiger partial charge in [-0.1, -0.05) is 29.8 Å². The molecule has 0 saturated carbocycles. The predicted molar refractivity (Wildman–Crippen MR) is 106 cm³/mol. The first-order valence-electron chi connectivity index (χ1n) is 8.62. The van der Waals surface area contributed by atoms with E-state index in [-0.39, 0.29) is 30.3 Å². The summed E-state index contributed by atoms with van der Waals surface area (Å²) in [4.78, 5) is 25.1. The number of para-hydroxylation sites is 1. The molecule has 138 valence electrons. The van der Waals surface area contributed by atoms with Gasteiger partial charge in [0.15, 0.2) is 0 Å². The number of piperidine rings is 1. The minimum absolute atomic E-state index is 0.